The van der Waals surface area contributed by atoms with Gasteiger partial charge in [-0.25, -0.2) is 4.98 Å². The van der Waals surface area contributed by atoms with Gasteiger partial charge in [-0.3, -0.25) is 9.59 Å². The largest absolute Gasteiger partial charge is 0.439 e. The van der Waals surface area contributed by atoms with Gasteiger partial charge in [0.15, 0.2) is 0 Å². The molecule has 1 aliphatic heterocycles. The van der Waals surface area contributed by atoms with Gasteiger partial charge in [-0.1, -0.05) is 29.8 Å². The molecule has 1 atom stereocenters. The third kappa shape index (κ3) is 4.38. The van der Waals surface area contributed by atoms with E-state index in [1.54, 1.807) is 66.9 Å². The highest BCUT2D eigenvalue weighted by Gasteiger charge is 2.37. The Morgan fingerprint density at radius 2 is 1.72 bits per heavy atom. The SMILES string of the molecule is O=C(Oc1ccc(Oc2ccccn2)cc1)C1CC(=O)N(c2ccccc2Cl)C1. The van der Waals surface area contributed by atoms with Gasteiger partial charge in [0.05, 0.1) is 16.6 Å². The Morgan fingerprint density at radius 3 is 2.45 bits per heavy atom. The Kier molecular flexibility index (Phi) is 5.44. The molecule has 0 bridgehead atoms. The number of hydrogen-bond donors (Lipinski definition) is 0. The highest BCUT2D eigenvalue weighted by atomic mass is 35.5. The molecule has 6 nitrogen and oxygen atoms in total. The van der Waals surface area contributed by atoms with Crippen LogP contribution in [0, 0.1) is 5.92 Å². The number of halogens is 1. The maximum absolute atomic E-state index is 12.5. The summed E-state index contributed by atoms with van der Waals surface area (Å²) in [4.78, 5) is 30.5. The van der Waals surface area contributed by atoms with Crippen LogP contribution in [0.25, 0.3) is 0 Å². The molecular weight excluding hydrogens is 392 g/mol. The van der Waals surface area contributed by atoms with Crippen LogP contribution in [0.2, 0.25) is 5.02 Å². The molecule has 0 aliphatic carbocycles. The molecule has 0 radical (unpaired) electrons. The highest BCUT2D eigenvalue weighted by molar-refractivity contribution is 6.33. The monoisotopic (exact) mass is 408 g/mol. The van der Waals surface area contributed by atoms with Gasteiger partial charge in [0.25, 0.3) is 0 Å². The van der Waals surface area contributed by atoms with Crippen LogP contribution in [0.1, 0.15) is 6.42 Å². The number of nitrogens with zero attached hydrogens (tertiary/aromatic N) is 2. The molecule has 0 N–H and O–H groups in total. The van der Waals surface area contributed by atoms with E-state index in [1.807, 2.05) is 6.07 Å². The van der Waals surface area contributed by atoms with Crippen LogP contribution in [0.3, 0.4) is 0 Å². The second kappa shape index (κ2) is 8.32. The van der Waals surface area contributed by atoms with Crippen molar-refractivity contribution in [3.8, 4) is 17.4 Å². The fourth-order valence-electron chi connectivity index (χ4n) is 3.07. The van der Waals surface area contributed by atoms with Crippen molar-refractivity contribution in [2.45, 2.75) is 6.42 Å². The molecule has 0 spiro atoms. The molecule has 7 heteroatoms. The van der Waals surface area contributed by atoms with Crippen LogP contribution in [0.4, 0.5) is 5.69 Å². The molecule has 4 rings (SSSR count). The fraction of sp³-hybridized carbons (Fsp3) is 0.136. The standard InChI is InChI=1S/C22H17ClN2O4/c23-18-5-1-2-6-19(18)25-14-15(13-21(25)26)22(27)29-17-10-8-16(9-11-17)28-20-7-3-4-12-24-20/h1-12,15H,13-14H2. The third-order valence-corrected chi connectivity index (χ3v) is 4.82. The first-order valence-electron chi connectivity index (χ1n) is 9.06. The van der Waals surface area contributed by atoms with E-state index in [4.69, 9.17) is 21.1 Å². The number of para-hydroxylation sites is 1. The molecule has 146 valence electrons. The first-order chi connectivity index (χ1) is 14.1. The lowest BCUT2D eigenvalue weighted by Crippen LogP contribution is -2.27. The van der Waals surface area contributed by atoms with Crippen molar-refractivity contribution in [1.29, 1.82) is 0 Å². The predicted octanol–water partition coefficient (Wildman–Crippen LogP) is 4.49. The summed E-state index contributed by atoms with van der Waals surface area (Å²) in [6.45, 7) is 0.238. The van der Waals surface area contributed by atoms with Crippen molar-refractivity contribution in [3.05, 3.63) is 77.9 Å². The van der Waals surface area contributed by atoms with Crippen LogP contribution in [0.15, 0.2) is 72.9 Å². The molecule has 1 amide bonds. The number of ether oxygens (including phenoxy) is 2. The van der Waals surface area contributed by atoms with Gasteiger partial charge >= 0.3 is 5.97 Å². The average Bonchev–Trinajstić information content (AvgIpc) is 3.12. The van der Waals surface area contributed by atoms with E-state index < -0.39 is 11.9 Å². The van der Waals surface area contributed by atoms with Gasteiger partial charge in [0.2, 0.25) is 11.8 Å². The maximum atomic E-state index is 12.5. The zero-order chi connectivity index (χ0) is 20.2. The van der Waals surface area contributed by atoms with E-state index in [1.165, 1.54) is 4.90 Å². The van der Waals surface area contributed by atoms with Crippen molar-refractivity contribution in [2.24, 2.45) is 5.92 Å². The summed E-state index contributed by atoms with van der Waals surface area (Å²) in [5.41, 5.74) is 0.602. The fourth-order valence-corrected chi connectivity index (χ4v) is 3.31. The average molecular weight is 409 g/mol. The number of rotatable bonds is 5. The summed E-state index contributed by atoms with van der Waals surface area (Å²) in [5.74, 6) is 0.270. The summed E-state index contributed by atoms with van der Waals surface area (Å²) < 4.78 is 11.1. The summed E-state index contributed by atoms with van der Waals surface area (Å²) in [6, 6.07) is 19.1. The van der Waals surface area contributed by atoms with Crippen molar-refractivity contribution in [2.75, 3.05) is 11.4 Å². The van der Waals surface area contributed by atoms with E-state index in [2.05, 4.69) is 4.98 Å². The van der Waals surface area contributed by atoms with Crippen LogP contribution in [-0.4, -0.2) is 23.4 Å². The van der Waals surface area contributed by atoms with Crippen LogP contribution in [0.5, 0.6) is 17.4 Å². The van der Waals surface area contributed by atoms with Crippen LogP contribution < -0.4 is 14.4 Å². The maximum Gasteiger partial charge on any atom is 0.316 e. The number of carbonyl (C=O) groups excluding carboxylic acids is 2. The van der Waals surface area contributed by atoms with E-state index in [0.717, 1.165) is 0 Å². The van der Waals surface area contributed by atoms with E-state index in [0.29, 0.717) is 28.1 Å². The second-order valence-corrected chi connectivity index (χ2v) is 6.93. The van der Waals surface area contributed by atoms with Crippen molar-refractivity contribution < 1.29 is 19.1 Å². The third-order valence-electron chi connectivity index (χ3n) is 4.50. The number of esters is 1. The second-order valence-electron chi connectivity index (χ2n) is 6.52. The lowest BCUT2D eigenvalue weighted by molar-refractivity contribution is -0.139. The molecule has 1 aromatic heterocycles. The summed E-state index contributed by atoms with van der Waals surface area (Å²) in [5, 5.41) is 0.471. The highest BCUT2D eigenvalue weighted by Crippen LogP contribution is 2.32. The molecule has 1 saturated heterocycles. The Labute approximate surface area is 172 Å². The smallest absolute Gasteiger partial charge is 0.316 e. The Morgan fingerprint density at radius 1 is 1.00 bits per heavy atom. The molecule has 1 aliphatic rings. The zero-order valence-corrected chi connectivity index (χ0v) is 16.1. The minimum Gasteiger partial charge on any atom is -0.439 e. The van der Waals surface area contributed by atoms with Gasteiger partial charge in [-0.05, 0) is 42.5 Å². The minimum absolute atomic E-state index is 0.0882. The molecule has 1 unspecified atom stereocenters. The van der Waals surface area contributed by atoms with Crippen molar-refractivity contribution >= 4 is 29.2 Å². The van der Waals surface area contributed by atoms with Gasteiger partial charge < -0.3 is 14.4 Å². The Bertz CT molecular complexity index is 1020. The van der Waals surface area contributed by atoms with Crippen molar-refractivity contribution in [3.63, 3.8) is 0 Å². The number of pyridine rings is 1. The number of aromatic nitrogens is 1. The first-order valence-corrected chi connectivity index (χ1v) is 9.43. The van der Waals surface area contributed by atoms with E-state index in [-0.39, 0.29) is 18.9 Å². The molecule has 29 heavy (non-hydrogen) atoms. The molecule has 2 aromatic carbocycles. The van der Waals surface area contributed by atoms with Gasteiger partial charge in [-0.15, -0.1) is 0 Å². The van der Waals surface area contributed by atoms with Crippen LogP contribution in [-0.2, 0) is 9.59 Å². The number of benzene rings is 2. The lowest BCUT2D eigenvalue weighted by Gasteiger charge is -2.17. The number of anilines is 1. The Hall–Kier alpha value is -3.38. The van der Waals surface area contributed by atoms with E-state index >= 15 is 0 Å². The van der Waals surface area contributed by atoms with Gasteiger partial charge in [0, 0.05) is 25.2 Å². The van der Waals surface area contributed by atoms with Crippen molar-refractivity contribution in [1.82, 2.24) is 4.98 Å². The Balaban J connectivity index is 1.38. The molecular formula is C22H17ClN2O4. The number of hydrogen-bond acceptors (Lipinski definition) is 5. The number of amides is 1. The topological polar surface area (TPSA) is 68.7 Å². The zero-order valence-electron chi connectivity index (χ0n) is 15.3. The normalized spacial score (nSPS) is 16.0. The lowest BCUT2D eigenvalue weighted by atomic mass is 10.1. The quantitative estimate of drug-likeness (QED) is 0.459. The first kappa shape index (κ1) is 19.0. The summed E-state index contributed by atoms with van der Waals surface area (Å²) in [7, 11) is 0. The summed E-state index contributed by atoms with van der Waals surface area (Å²) in [6.07, 6.45) is 1.73. The van der Waals surface area contributed by atoms with E-state index in [9.17, 15) is 9.59 Å². The van der Waals surface area contributed by atoms with Gasteiger partial charge in [0.1, 0.15) is 11.5 Å². The van der Waals surface area contributed by atoms with Crippen LogP contribution >= 0.6 is 11.6 Å². The molecule has 1 fully saturated rings. The summed E-state index contributed by atoms with van der Waals surface area (Å²) >= 11 is 6.17. The minimum atomic E-state index is -0.553. The number of carbonyl (C=O) groups is 2. The molecule has 2 heterocycles. The predicted molar refractivity (Wildman–Crippen MR) is 108 cm³/mol. The molecule has 3 aromatic rings. The van der Waals surface area contributed by atoms with Gasteiger partial charge in [-0.2, -0.15) is 0 Å². The molecule has 0 saturated carbocycles.